The van der Waals surface area contributed by atoms with Gasteiger partial charge in [0.25, 0.3) is 5.91 Å². The first kappa shape index (κ1) is 20.2. The van der Waals surface area contributed by atoms with E-state index in [4.69, 9.17) is 0 Å². The number of hydrogen-bond donors (Lipinski definition) is 3. The third kappa shape index (κ3) is 3.59. The molecule has 9 nitrogen and oxygen atoms in total. The van der Waals surface area contributed by atoms with Crippen LogP contribution in [0.4, 0.5) is 21.0 Å². The van der Waals surface area contributed by atoms with Gasteiger partial charge in [-0.05, 0) is 44.7 Å². The topological polar surface area (TPSA) is 111 Å². The zero-order chi connectivity index (χ0) is 21.3. The lowest BCUT2D eigenvalue weighted by Crippen LogP contribution is -2.48. The molecule has 3 fully saturated rings. The average molecular weight is 413 g/mol. The zero-order valence-corrected chi connectivity index (χ0v) is 17.1. The van der Waals surface area contributed by atoms with E-state index in [9.17, 15) is 19.2 Å². The number of amides is 6. The lowest BCUT2D eigenvalue weighted by molar-refractivity contribution is -0.136. The summed E-state index contributed by atoms with van der Waals surface area (Å²) < 4.78 is 0. The first-order valence-electron chi connectivity index (χ1n) is 10.5. The predicted octanol–water partition coefficient (Wildman–Crippen LogP) is 2.51. The zero-order valence-electron chi connectivity index (χ0n) is 17.1. The molecule has 1 spiro atoms. The van der Waals surface area contributed by atoms with E-state index in [1.807, 2.05) is 0 Å². The SMILES string of the molecule is CC(C(=O)Nc1ccccc1NC(=O)N1CCCC1)N1C(=O)NC2(CCCC2)C1=O. The summed E-state index contributed by atoms with van der Waals surface area (Å²) in [6, 6.07) is 5.18. The Morgan fingerprint density at radius 2 is 1.60 bits per heavy atom. The highest BCUT2D eigenvalue weighted by atomic mass is 16.2. The quantitative estimate of drug-likeness (QED) is 0.659. The van der Waals surface area contributed by atoms with Crippen molar-refractivity contribution in [3.63, 3.8) is 0 Å². The van der Waals surface area contributed by atoms with Gasteiger partial charge in [0.15, 0.2) is 0 Å². The Morgan fingerprint density at radius 3 is 2.23 bits per heavy atom. The van der Waals surface area contributed by atoms with Crippen LogP contribution >= 0.6 is 0 Å². The largest absolute Gasteiger partial charge is 0.325 e. The maximum absolute atomic E-state index is 12.9. The van der Waals surface area contributed by atoms with E-state index in [1.165, 1.54) is 6.92 Å². The maximum atomic E-state index is 12.9. The van der Waals surface area contributed by atoms with E-state index >= 15 is 0 Å². The van der Waals surface area contributed by atoms with Crippen LogP contribution in [0.15, 0.2) is 24.3 Å². The summed E-state index contributed by atoms with van der Waals surface area (Å²) in [6.45, 7) is 2.96. The van der Waals surface area contributed by atoms with Crippen molar-refractivity contribution in [2.45, 2.75) is 57.0 Å². The summed E-state index contributed by atoms with van der Waals surface area (Å²) in [4.78, 5) is 53.4. The molecule has 6 amide bonds. The molecule has 1 aromatic carbocycles. The summed E-state index contributed by atoms with van der Waals surface area (Å²) in [5.41, 5.74) is 0.0386. The van der Waals surface area contributed by atoms with Gasteiger partial charge in [0, 0.05) is 13.1 Å². The smallest absolute Gasteiger partial charge is 0.325 e. The summed E-state index contributed by atoms with van der Waals surface area (Å²) in [5.74, 6) is -0.820. The minimum Gasteiger partial charge on any atom is -0.325 e. The molecule has 1 saturated carbocycles. The minimum absolute atomic E-state index is 0.209. The van der Waals surface area contributed by atoms with Crippen molar-refractivity contribution < 1.29 is 19.2 Å². The van der Waals surface area contributed by atoms with Crippen LogP contribution < -0.4 is 16.0 Å². The van der Waals surface area contributed by atoms with Gasteiger partial charge in [-0.15, -0.1) is 0 Å². The molecule has 160 valence electrons. The van der Waals surface area contributed by atoms with E-state index in [0.717, 1.165) is 30.6 Å². The van der Waals surface area contributed by atoms with Gasteiger partial charge in [0.1, 0.15) is 11.6 Å². The number of hydrogen-bond acceptors (Lipinski definition) is 4. The molecule has 4 rings (SSSR count). The van der Waals surface area contributed by atoms with Gasteiger partial charge in [-0.25, -0.2) is 14.5 Å². The van der Waals surface area contributed by atoms with Crippen LogP contribution in [0.25, 0.3) is 0 Å². The Labute approximate surface area is 175 Å². The third-order valence-electron chi connectivity index (χ3n) is 6.24. The van der Waals surface area contributed by atoms with Crippen molar-refractivity contribution in [1.82, 2.24) is 15.1 Å². The fourth-order valence-electron chi connectivity index (χ4n) is 4.48. The lowest BCUT2D eigenvalue weighted by Gasteiger charge is -2.24. The molecule has 2 aliphatic heterocycles. The van der Waals surface area contributed by atoms with Gasteiger partial charge >= 0.3 is 12.1 Å². The number of likely N-dealkylation sites (tertiary alicyclic amines) is 1. The summed E-state index contributed by atoms with van der Waals surface area (Å²) in [6.07, 6.45) is 4.93. The van der Waals surface area contributed by atoms with Crippen LogP contribution in [0.1, 0.15) is 45.4 Å². The highest BCUT2D eigenvalue weighted by molar-refractivity contribution is 6.11. The first-order valence-corrected chi connectivity index (χ1v) is 10.5. The van der Waals surface area contributed by atoms with Crippen LogP contribution in [0.5, 0.6) is 0 Å². The Kier molecular flexibility index (Phi) is 5.36. The van der Waals surface area contributed by atoms with Gasteiger partial charge in [-0.2, -0.15) is 0 Å². The number of nitrogens with one attached hydrogen (secondary N) is 3. The van der Waals surface area contributed by atoms with Crippen molar-refractivity contribution in [3.8, 4) is 0 Å². The van der Waals surface area contributed by atoms with Crippen molar-refractivity contribution in [2.24, 2.45) is 0 Å². The molecule has 30 heavy (non-hydrogen) atoms. The van der Waals surface area contributed by atoms with Crippen molar-refractivity contribution in [3.05, 3.63) is 24.3 Å². The summed E-state index contributed by atoms with van der Waals surface area (Å²) >= 11 is 0. The normalized spacial score (nSPS) is 21.1. The van der Waals surface area contributed by atoms with Crippen LogP contribution in [0.2, 0.25) is 0 Å². The number of anilines is 2. The maximum Gasteiger partial charge on any atom is 0.325 e. The van der Waals surface area contributed by atoms with Crippen molar-refractivity contribution >= 4 is 35.3 Å². The van der Waals surface area contributed by atoms with Gasteiger partial charge in [-0.3, -0.25) is 9.59 Å². The second-order valence-electron chi connectivity index (χ2n) is 8.23. The molecule has 2 saturated heterocycles. The average Bonchev–Trinajstić information content (AvgIpc) is 3.46. The molecule has 1 atom stereocenters. The van der Waals surface area contributed by atoms with E-state index in [2.05, 4.69) is 16.0 Å². The van der Waals surface area contributed by atoms with Crippen LogP contribution in [-0.2, 0) is 9.59 Å². The van der Waals surface area contributed by atoms with E-state index in [-0.39, 0.29) is 11.9 Å². The van der Waals surface area contributed by atoms with Gasteiger partial charge < -0.3 is 20.9 Å². The number of nitrogens with zero attached hydrogens (tertiary/aromatic N) is 2. The lowest BCUT2D eigenvalue weighted by atomic mass is 9.97. The standard InChI is InChI=1S/C21H27N5O4/c1-14(26-18(28)21(24-20(26)30)10-4-5-11-21)17(27)22-15-8-2-3-9-16(15)23-19(29)25-12-6-7-13-25/h2-3,8-9,14H,4-7,10-13H2,1H3,(H,22,27)(H,23,29)(H,24,30). The van der Waals surface area contributed by atoms with Crippen LogP contribution in [-0.4, -0.2) is 58.3 Å². The molecule has 3 N–H and O–H groups in total. The van der Waals surface area contributed by atoms with E-state index < -0.39 is 23.5 Å². The molecule has 1 aromatic rings. The molecule has 2 heterocycles. The van der Waals surface area contributed by atoms with E-state index in [0.29, 0.717) is 37.3 Å². The van der Waals surface area contributed by atoms with Crippen molar-refractivity contribution in [2.75, 3.05) is 23.7 Å². The Bertz CT molecular complexity index is 874. The molecule has 0 bridgehead atoms. The highest BCUT2D eigenvalue weighted by Crippen LogP contribution is 2.36. The monoisotopic (exact) mass is 413 g/mol. The molecule has 1 aliphatic carbocycles. The fraction of sp³-hybridized carbons (Fsp3) is 0.524. The highest BCUT2D eigenvalue weighted by Gasteiger charge is 2.54. The molecule has 1 unspecified atom stereocenters. The molecule has 0 radical (unpaired) electrons. The summed E-state index contributed by atoms with van der Waals surface area (Å²) in [5, 5.41) is 8.39. The Hall–Kier alpha value is -3.10. The Morgan fingerprint density at radius 1 is 1.00 bits per heavy atom. The van der Waals surface area contributed by atoms with Crippen LogP contribution in [0.3, 0.4) is 0 Å². The number of imide groups is 1. The van der Waals surface area contributed by atoms with Gasteiger partial charge in [0.05, 0.1) is 11.4 Å². The number of para-hydroxylation sites is 2. The molecule has 9 heteroatoms. The number of urea groups is 2. The predicted molar refractivity (Wildman–Crippen MR) is 111 cm³/mol. The molecule has 0 aromatic heterocycles. The molecule has 3 aliphatic rings. The van der Waals surface area contributed by atoms with Gasteiger partial charge in [0.2, 0.25) is 5.91 Å². The molecular formula is C21H27N5O4. The van der Waals surface area contributed by atoms with Gasteiger partial charge in [-0.1, -0.05) is 25.0 Å². The second-order valence-corrected chi connectivity index (χ2v) is 8.23. The van der Waals surface area contributed by atoms with E-state index in [1.54, 1.807) is 29.2 Å². The second kappa shape index (κ2) is 7.97. The van der Waals surface area contributed by atoms with Crippen molar-refractivity contribution in [1.29, 1.82) is 0 Å². The Balaban J connectivity index is 1.45. The number of carbonyl (C=O) groups is 4. The molecular weight excluding hydrogens is 386 g/mol. The minimum atomic E-state index is -0.972. The van der Waals surface area contributed by atoms with Crippen LogP contribution in [0, 0.1) is 0 Å². The fourth-order valence-corrected chi connectivity index (χ4v) is 4.48. The number of rotatable bonds is 4. The number of carbonyl (C=O) groups excluding carboxylic acids is 4. The first-order chi connectivity index (χ1) is 14.4. The summed E-state index contributed by atoms with van der Waals surface area (Å²) in [7, 11) is 0. The third-order valence-corrected chi connectivity index (χ3v) is 6.24. The number of benzene rings is 1.